The minimum Gasteiger partial charge on any atom is -0.481 e. The predicted molar refractivity (Wildman–Crippen MR) is 170 cm³/mol. The number of hydrogen-bond acceptors (Lipinski definition) is 3. The van der Waals surface area contributed by atoms with Gasteiger partial charge in [0.1, 0.15) is 5.82 Å². The van der Waals surface area contributed by atoms with Crippen molar-refractivity contribution in [2.45, 2.75) is 119 Å². The van der Waals surface area contributed by atoms with E-state index in [1.54, 1.807) is 12.1 Å². The van der Waals surface area contributed by atoms with E-state index in [2.05, 4.69) is 57.5 Å². The minimum absolute atomic E-state index is 0.0559. The summed E-state index contributed by atoms with van der Waals surface area (Å²) in [5.41, 5.74) is 1.00. The molecule has 0 spiro atoms. The Hall–Kier alpha value is -1.53. The van der Waals surface area contributed by atoms with Crippen LogP contribution in [0, 0.1) is 56.1 Å². The first-order valence-electron chi connectivity index (χ1n) is 16.5. The Morgan fingerprint density at radius 1 is 1.00 bits per heavy atom. The lowest BCUT2D eigenvalue weighted by atomic mass is 9.33. The van der Waals surface area contributed by atoms with Crippen LogP contribution in [0.4, 0.5) is 4.39 Å². The molecule has 9 atom stereocenters. The van der Waals surface area contributed by atoms with Gasteiger partial charge < -0.3 is 9.84 Å². The third-order valence-corrected chi connectivity index (χ3v) is 15.1. The molecule has 1 aromatic rings. The molecule has 0 heterocycles. The van der Waals surface area contributed by atoms with Crippen molar-refractivity contribution >= 4 is 27.7 Å². The highest BCUT2D eigenvalue weighted by atomic mass is 79.9. The van der Waals surface area contributed by atoms with E-state index in [0.717, 1.165) is 50.5 Å². The number of ether oxygens (including phenoxy) is 1. The Kier molecular flexibility index (Phi) is 7.30. The van der Waals surface area contributed by atoms with Crippen molar-refractivity contribution in [3.8, 4) is 0 Å². The first-order chi connectivity index (χ1) is 19.9. The third-order valence-electron chi connectivity index (χ3n) is 14.5. The smallest absolute Gasteiger partial charge is 0.309 e. The van der Waals surface area contributed by atoms with Crippen LogP contribution in [0.1, 0.15) is 112 Å². The summed E-state index contributed by atoms with van der Waals surface area (Å²) in [6.45, 7) is 16.6. The summed E-state index contributed by atoms with van der Waals surface area (Å²) in [7, 11) is 0. The Bertz CT molecular complexity index is 1390. The maximum absolute atomic E-state index is 14.6. The summed E-state index contributed by atoms with van der Waals surface area (Å²) in [6, 6.07) is 5.07. The summed E-state index contributed by atoms with van der Waals surface area (Å²) in [5.74, 6) is -0.263. The Labute approximate surface area is 265 Å². The highest BCUT2D eigenvalue weighted by Crippen LogP contribution is 2.75. The molecule has 0 bridgehead atoms. The molecule has 1 aromatic carbocycles. The van der Waals surface area contributed by atoms with E-state index in [1.807, 2.05) is 13.0 Å². The number of ketones is 1. The Balaban J connectivity index is 1.31. The molecule has 4 nitrogen and oxygen atoms in total. The number of fused-ring (bicyclic) bond motifs is 7. The third kappa shape index (κ3) is 4.42. The van der Waals surface area contributed by atoms with Gasteiger partial charge in [-0.2, -0.15) is 0 Å². The molecule has 0 unspecified atom stereocenters. The largest absolute Gasteiger partial charge is 0.481 e. The standard InChI is InChI=1S/C37H50BrFO4/c1-32(2)28-10-13-37(7)30(35(28,5)12-11-29(32)43-21-22-8-9-26(39)25(38)18-22)27(40)19-23-24-20-34(4,31(41)42)15-14-33(24,3)16-17-36(23,37)6/h8-9,18-19,24,28-30H,10-17,20-21H2,1-7H3,(H,41,42)/t24-,28-,29-,30+,33+,34-,35-,36+,37+/m0/s1. The van der Waals surface area contributed by atoms with Gasteiger partial charge in [-0.25, -0.2) is 4.39 Å². The van der Waals surface area contributed by atoms with Crippen molar-refractivity contribution in [3.05, 3.63) is 45.7 Å². The number of carbonyl (C=O) groups is 2. The van der Waals surface area contributed by atoms with Crippen molar-refractivity contribution in [2.75, 3.05) is 0 Å². The van der Waals surface area contributed by atoms with E-state index in [0.29, 0.717) is 29.8 Å². The molecule has 0 saturated heterocycles. The van der Waals surface area contributed by atoms with E-state index < -0.39 is 11.4 Å². The highest BCUT2D eigenvalue weighted by molar-refractivity contribution is 9.10. The molecule has 0 radical (unpaired) electrons. The maximum Gasteiger partial charge on any atom is 0.309 e. The van der Waals surface area contributed by atoms with Crippen molar-refractivity contribution in [1.29, 1.82) is 0 Å². The van der Waals surface area contributed by atoms with E-state index in [4.69, 9.17) is 4.74 Å². The summed E-state index contributed by atoms with van der Waals surface area (Å²) in [5, 5.41) is 10.2. The molecule has 0 aromatic heterocycles. The molecular formula is C37H50BrFO4. The van der Waals surface area contributed by atoms with E-state index in [9.17, 15) is 19.1 Å². The fourth-order valence-corrected chi connectivity index (χ4v) is 11.9. The van der Waals surface area contributed by atoms with Gasteiger partial charge >= 0.3 is 5.97 Å². The number of carboxylic acids is 1. The maximum atomic E-state index is 14.6. The van der Waals surface area contributed by atoms with Gasteiger partial charge in [0.2, 0.25) is 0 Å². The molecular weight excluding hydrogens is 607 g/mol. The van der Waals surface area contributed by atoms with Crippen molar-refractivity contribution < 1.29 is 23.8 Å². The van der Waals surface area contributed by atoms with E-state index in [-0.39, 0.29) is 56.6 Å². The molecule has 0 aliphatic heterocycles. The predicted octanol–water partition coefficient (Wildman–Crippen LogP) is 9.54. The van der Waals surface area contributed by atoms with Gasteiger partial charge in [0.25, 0.3) is 0 Å². The molecule has 0 amide bonds. The van der Waals surface area contributed by atoms with Gasteiger partial charge in [0.05, 0.1) is 22.6 Å². The molecule has 4 fully saturated rings. The van der Waals surface area contributed by atoms with Crippen LogP contribution >= 0.6 is 15.9 Å². The summed E-state index contributed by atoms with van der Waals surface area (Å²) >= 11 is 3.30. The van der Waals surface area contributed by atoms with Gasteiger partial charge in [-0.3, -0.25) is 9.59 Å². The second-order valence-corrected chi connectivity index (χ2v) is 17.8. The normalized spacial score (nSPS) is 45.2. The molecule has 43 heavy (non-hydrogen) atoms. The lowest BCUT2D eigenvalue weighted by Gasteiger charge is -2.70. The van der Waals surface area contributed by atoms with Crippen molar-refractivity contribution in [3.63, 3.8) is 0 Å². The molecule has 6 rings (SSSR count). The quantitative estimate of drug-likeness (QED) is 0.350. The lowest BCUT2D eigenvalue weighted by molar-refractivity contribution is -0.211. The number of halogens is 2. The van der Waals surface area contributed by atoms with Crippen LogP contribution in [0.3, 0.4) is 0 Å². The van der Waals surface area contributed by atoms with Crippen LogP contribution in [-0.4, -0.2) is 23.0 Å². The van der Waals surface area contributed by atoms with Crippen LogP contribution in [0.5, 0.6) is 0 Å². The summed E-state index contributed by atoms with van der Waals surface area (Å²) < 4.78 is 20.8. The molecule has 6 heteroatoms. The van der Waals surface area contributed by atoms with E-state index >= 15 is 0 Å². The topological polar surface area (TPSA) is 63.6 Å². The SMILES string of the molecule is CC1(C)[C@@H](OCc2ccc(F)c(Br)c2)CC[C@]2(C)[C@H]3C(=O)C=C4[C@@H]5C[C@@](C)(C(=O)O)CC[C@]5(C)CC[C@@]4(C)[C@]3(C)CC[C@@H]12. The zero-order valence-corrected chi connectivity index (χ0v) is 28.7. The second-order valence-electron chi connectivity index (χ2n) is 17.0. The number of rotatable bonds is 4. The number of benzene rings is 1. The fourth-order valence-electron chi connectivity index (χ4n) is 11.5. The average Bonchev–Trinajstić information content (AvgIpc) is 2.92. The van der Waals surface area contributed by atoms with Gasteiger partial charge in [-0.05, 0) is 143 Å². The fraction of sp³-hybridized carbons (Fsp3) is 0.730. The molecule has 1 N–H and O–H groups in total. The van der Waals surface area contributed by atoms with Crippen LogP contribution in [0.2, 0.25) is 0 Å². The lowest BCUT2D eigenvalue weighted by Crippen LogP contribution is -2.66. The number of aliphatic carboxylic acids is 1. The number of allylic oxidation sites excluding steroid dienone is 2. The average molecular weight is 658 g/mol. The monoisotopic (exact) mass is 656 g/mol. The second kappa shape index (κ2) is 9.98. The zero-order chi connectivity index (χ0) is 31.4. The van der Waals surface area contributed by atoms with Crippen LogP contribution in [0.15, 0.2) is 34.3 Å². The van der Waals surface area contributed by atoms with Crippen molar-refractivity contribution in [2.24, 2.45) is 50.2 Å². The highest BCUT2D eigenvalue weighted by Gasteiger charge is 2.70. The van der Waals surface area contributed by atoms with Crippen LogP contribution in [-0.2, 0) is 20.9 Å². The first kappa shape index (κ1) is 31.5. The summed E-state index contributed by atoms with van der Waals surface area (Å²) in [4.78, 5) is 26.9. The first-order valence-corrected chi connectivity index (χ1v) is 17.3. The summed E-state index contributed by atoms with van der Waals surface area (Å²) in [6.07, 6.45) is 10.4. The molecule has 236 valence electrons. The van der Waals surface area contributed by atoms with Crippen LogP contribution < -0.4 is 0 Å². The molecule has 5 aliphatic rings. The van der Waals surface area contributed by atoms with Gasteiger partial charge in [0, 0.05) is 5.92 Å². The number of carbonyl (C=O) groups excluding carboxylic acids is 1. The van der Waals surface area contributed by atoms with E-state index in [1.165, 1.54) is 11.6 Å². The number of hydrogen-bond donors (Lipinski definition) is 1. The van der Waals surface area contributed by atoms with Crippen LogP contribution in [0.25, 0.3) is 0 Å². The van der Waals surface area contributed by atoms with Gasteiger partial charge in [0.15, 0.2) is 5.78 Å². The minimum atomic E-state index is -0.736. The van der Waals surface area contributed by atoms with Crippen molar-refractivity contribution in [1.82, 2.24) is 0 Å². The van der Waals surface area contributed by atoms with Gasteiger partial charge in [-0.1, -0.05) is 53.2 Å². The molecule has 4 saturated carbocycles. The zero-order valence-electron chi connectivity index (χ0n) is 27.1. The Morgan fingerprint density at radius 2 is 1.70 bits per heavy atom. The molecule has 5 aliphatic carbocycles. The Morgan fingerprint density at radius 3 is 2.37 bits per heavy atom. The number of carboxylic acid groups (broad SMARTS) is 1. The van der Waals surface area contributed by atoms with Gasteiger partial charge in [-0.15, -0.1) is 0 Å².